The zero-order valence-corrected chi connectivity index (χ0v) is 17.1. The lowest BCUT2D eigenvalue weighted by molar-refractivity contribution is -0.385. The molecule has 0 aliphatic rings. The molecule has 3 rings (SSSR count). The number of hydrogen-bond acceptors (Lipinski definition) is 7. The molecule has 0 radical (unpaired) electrons. The number of aromatic amines is 1. The number of nitro benzene ring substituents is 1. The van der Waals surface area contributed by atoms with Crippen LogP contribution in [0.15, 0.2) is 53.4 Å². The van der Waals surface area contributed by atoms with Crippen molar-refractivity contribution in [1.82, 2.24) is 25.2 Å². The molecule has 0 unspecified atom stereocenters. The van der Waals surface area contributed by atoms with Gasteiger partial charge in [-0.05, 0) is 25.1 Å². The van der Waals surface area contributed by atoms with Crippen molar-refractivity contribution >= 4 is 27.4 Å². The Kier molecular flexibility index (Phi) is 6.57. The number of benzene rings is 2. The van der Waals surface area contributed by atoms with Crippen LogP contribution in [0.1, 0.15) is 5.82 Å². The summed E-state index contributed by atoms with van der Waals surface area (Å²) >= 11 is 0. The number of nitro groups is 1. The molecule has 2 amide bonds. The van der Waals surface area contributed by atoms with Crippen LogP contribution in [0.3, 0.4) is 0 Å². The molecule has 2 aromatic carbocycles. The van der Waals surface area contributed by atoms with Gasteiger partial charge in [0, 0.05) is 36.5 Å². The molecule has 0 saturated carbocycles. The highest BCUT2D eigenvalue weighted by Gasteiger charge is 2.17. The molecule has 0 bridgehead atoms. The summed E-state index contributed by atoms with van der Waals surface area (Å²) in [6.07, 6.45) is 0. The van der Waals surface area contributed by atoms with E-state index in [1.54, 1.807) is 31.2 Å². The van der Waals surface area contributed by atoms with Crippen molar-refractivity contribution < 1.29 is 18.1 Å². The van der Waals surface area contributed by atoms with Gasteiger partial charge in [-0.15, -0.1) is 0 Å². The van der Waals surface area contributed by atoms with E-state index in [1.807, 2.05) is 0 Å². The molecule has 0 atom stereocenters. The van der Waals surface area contributed by atoms with Gasteiger partial charge in [-0.25, -0.2) is 22.9 Å². The summed E-state index contributed by atoms with van der Waals surface area (Å²) in [4.78, 5) is 26.2. The van der Waals surface area contributed by atoms with Gasteiger partial charge in [0.15, 0.2) is 5.82 Å². The first-order chi connectivity index (χ1) is 14.7. The van der Waals surface area contributed by atoms with Crippen molar-refractivity contribution in [3.8, 4) is 11.4 Å². The Morgan fingerprint density at radius 1 is 1.16 bits per heavy atom. The summed E-state index contributed by atoms with van der Waals surface area (Å²) in [7, 11) is -3.95. The van der Waals surface area contributed by atoms with Gasteiger partial charge in [0.05, 0.1) is 9.82 Å². The predicted molar refractivity (Wildman–Crippen MR) is 112 cm³/mol. The molecule has 0 saturated heterocycles. The molecule has 1 aromatic heterocycles. The van der Waals surface area contributed by atoms with E-state index < -0.39 is 21.0 Å². The van der Waals surface area contributed by atoms with Crippen LogP contribution in [0.5, 0.6) is 0 Å². The molecule has 0 spiro atoms. The maximum atomic E-state index is 12.2. The Labute approximate surface area is 177 Å². The number of urea groups is 1. The van der Waals surface area contributed by atoms with Crippen LogP contribution < -0.4 is 15.4 Å². The fraction of sp³-hybridized carbons (Fsp3) is 0.167. The number of sulfonamides is 1. The van der Waals surface area contributed by atoms with Crippen molar-refractivity contribution in [3.63, 3.8) is 0 Å². The van der Waals surface area contributed by atoms with Crippen LogP contribution in [-0.2, 0) is 10.0 Å². The van der Waals surface area contributed by atoms with Gasteiger partial charge >= 0.3 is 6.03 Å². The molecule has 162 valence electrons. The number of nitrogens with one attached hydrogen (secondary N) is 4. The van der Waals surface area contributed by atoms with Gasteiger partial charge in [-0.2, -0.15) is 5.10 Å². The molecular formula is C18H19N7O5S. The van der Waals surface area contributed by atoms with E-state index in [0.29, 0.717) is 22.9 Å². The number of aryl methyl sites for hydroxylation is 1. The summed E-state index contributed by atoms with van der Waals surface area (Å²) in [6.45, 7) is 1.67. The summed E-state index contributed by atoms with van der Waals surface area (Å²) in [5.41, 5.74) is 0.893. The third-order valence-corrected chi connectivity index (χ3v) is 5.48. The van der Waals surface area contributed by atoms with Gasteiger partial charge in [0.25, 0.3) is 5.69 Å². The molecule has 31 heavy (non-hydrogen) atoms. The van der Waals surface area contributed by atoms with Crippen LogP contribution in [-0.4, -0.2) is 47.6 Å². The maximum absolute atomic E-state index is 12.2. The lowest BCUT2D eigenvalue weighted by atomic mass is 10.2. The number of rotatable bonds is 8. The predicted octanol–water partition coefficient (Wildman–Crippen LogP) is 1.79. The molecule has 4 N–H and O–H groups in total. The molecular weight excluding hydrogens is 426 g/mol. The summed E-state index contributed by atoms with van der Waals surface area (Å²) in [6, 6.07) is 11.1. The first-order valence-electron chi connectivity index (χ1n) is 9.03. The first kappa shape index (κ1) is 21.9. The number of aromatic nitrogens is 3. The number of amides is 2. The van der Waals surface area contributed by atoms with Crippen molar-refractivity contribution in [2.45, 2.75) is 11.8 Å². The molecule has 0 aliphatic carbocycles. The normalized spacial score (nSPS) is 11.1. The topological polar surface area (TPSA) is 172 Å². The Morgan fingerprint density at radius 2 is 1.94 bits per heavy atom. The van der Waals surface area contributed by atoms with Gasteiger partial charge in [-0.3, -0.25) is 15.2 Å². The Morgan fingerprint density at radius 3 is 2.65 bits per heavy atom. The van der Waals surface area contributed by atoms with Crippen LogP contribution in [0.4, 0.5) is 16.2 Å². The average Bonchev–Trinajstić information content (AvgIpc) is 3.18. The van der Waals surface area contributed by atoms with Crippen LogP contribution >= 0.6 is 0 Å². The number of non-ortho nitro benzene ring substituents is 1. The second kappa shape index (κ2) is 9.32. The van der Waals surface area contributed by atoms with Gasteiger partial charge in [0.2, 0.25) is 10.0 Å². The fourth-order valence-corrected chi connectivity index (χ4v) is 3.66. The van der Waals surface area contributed by atoms with Crippen molar-refractivity contribution in [2.24, 2.45) is 0 Å². The number of carbonyl (C=O) groups excluding carboxylic acids is 1. The number of carbonyl (C=O) groups is 1. The second-order valence-electron chi connectivity index (χ2n) is 6.36. The summed E-state index contributed by atoms with van der Waals surface area (Å²) < 4.78 is 26.8. The molecule has 1 heterocycles. The van der Waals surface area contributed by atoms with Gasteiger partial charge in [0.1, 0.15) is 5.82 Å². The highest BCUT2D eigenvalue weighted by Crippen LogP contribution is 2.19. The largest absolute Gasteiger partial charge is 0.337 e. The molecule has 0 aliphatic heterocycles. The summed E-state index contributed by atoms with van der Waals surface area (Å²) in [5.74, 6) is 1.16. The maximum Gasteiger partial charge on any atom is 0.319 e. The van der Waals surface area contributed by atoms with E-state index in [2.05, 4.69) is 30.5 Å². The fourth-order valence-electron chi connectivity index (χ4n) is 2.59. The quantitative estimate of drug-likeness (QED) is 0.232. The van der Waals surface area contributed by atoms with Crippen LogP contribution in [0.25, 0.3) is 11.4 Å². The highest BCUT2D eigenvalue weighted by molar-refractivity contribution is 7.89. The number of anilines is 1. The zero-order chi connectivity index (χ0) is 22.4. The van der Waals surface area contributed by atoms with Crippen molar-refractivity contribution in [1.29, 1.82) is 0 Å². The molecule has 3 aromatic rings. The van der Waals surface area contributed by atoms with E-state index in [1.165, 1.54) is 18.2 Å². The third kappa shape index (κ3) is 5.83. The van der Waals surface area contributed by atoms with Crippen LogP contribution in [0, 0.1) is 17.0 Å². The minimum atomic E-state index is -3.95. The molecule has 0 fully saturated rings. The Bertz CT molecular complexity index is 1210. The monoisotopic (exact) mass is 445 g/mol. The minimum Gasteiger partial charge on any atom is -0.337 e. The zero-order valence-electron chi connectivity index (χ0n) is 16.3. The van der Waals surface area contributed by atoms with Gasteiger partial charge < -0.3 is 10.6 Å². The van der Waals surface area contributed by atoms with Crippen LogP contribution in [0.2, 0.25) is 0 Å². The third-order valence-electron chi connectivity index (χ3n) is 4.02. The van der Waals surface area contributed by atoms with E-state index in [9.17, 15) is 23.3 Å². The number of H-pyrrole nitrogens is 1. The standard InChI is InChI=1S/C18H19N7O5S/c1-12-21-17(24-23-12)13-4-2-5-14(10-13)22-18(26)19-8-9-20-31(29,30)16-7-3-6-15(11-16)25(27)28/h2-7,10-11,20H,8-9H2,1H3,(H2,19,22,26)(H,21,23,24). The highest BCUT2D eigenvalue weighted by atomic mass is 32.2. The average molecular weight is 445 g/mol. The van der Waals surface area contributed by atoms with Crippen molar-refractivity contribution in [3.05, 3.63) is 64.5 Å². The van der Waals surface area contributed by atoms with E-state index in [-0.39, 0.29) is 23.7 Å². The lowest BCUT2D eigenvalue weighted by Crippen LogP contribution is -2.36. The smallest absolute Gasteiger partial charge is 0.319 e. The van der Waals surface area contributed by atoms with E-state index in [0.717, 1.165) is 6.07 Å². The Balaban J connectivity index is 1.50. The Hall–Kier alpha value is -3.84. The van der Waals surface area contributed by atoms with E-state index in [4.69, 9.17) is 0 Å². The molecule has 12 nitrogen and oxygen atoms in total. The van der Waals surface area contributed by atoms with E-state index >= 15 is 0 Å². The second-order valence-corrected chi connectivity index (χ2v) is 8.13. The number of hydrogen-bond donors (Lipinski definition) is 4. The summed E-state index contributed by atoms with van der Waals surface area (Å²) in [5, 5.41) is 22.8. The van der Waals surface area contributed by atoms with Crippen molar-refractivity contribution in [2.75, 3.05) is 18.4 Å². The minimum absolute atomic E-state index is 0.000201. The molecule has 13 heteroatoms. The lowest BCUT2D eigenvalue weighted by Gasteiger charge is -2.10. The SMILES string of the molecule is Cc1nc(-c2cccc(NC(=O)NCCNS(=O)(=O)c3cccc([N+](=O)[O-])c3)c2)n[nH]1. The van der Waals surface area contributed by atoms with Gasteiger partial charge in [-0.1, -0.05) is 18.2 Å². The first-order valence-corrected chi connectivity index (χ1v) is 10.5. The number of nitrogens with zero attached hydrogens (tertiary/aromatic N) is 3.